The van der Waals surface area contributed by atoms with Crippen LogP contribution in [-0.4, -0.2) is 10.8 Å². The number of halogens is 1. The van der Waals surface area contributed by atoms with Crippen molar-refractivity contribution in [2.75, 3.05) is 0 Å². The summed E-state index contributed by atoms with van der Waals surface area (Å²) in [5.41, 5.74) is 7.04. The van der Waals surface area contributed by atoms with Crippen molar-refractivity contribution in [1.82, 2.24) is 4.57 Å². The molecule has 0 aliphatic heterocycles. The summed E-state index contributed by atoms with van der Waals surface area (Å²) in [5, 5.41) is 10.8. The molecule has 170 valence electrons. The lowest BCUT2D eigenvalue weighted by Crippen LogP contribution is -1.99. The van der Waals surface area contributed by atoms with E-state index in [0.717, 1.165) is 39.3 Å². The number of hydrogen-bond donors (Lipinski definition) is 0. The number of rotatable bonds is 5. The maximum atomic E-state index is 10.1. The molecule has 0 fully saturated rings. The molecule has 0 spiro atoms. The number of nitrogens with zero attached hydrogens (tertiary/aromatic N) is 3. The molecule has 0 bridgehead atoms. The molecule has 0 N–H and O–H groups in total. The van der Waals surface area contributed by atoms with Crippen LogP contribution in [0.4, 0.5) is 5.88 Å². The minimum atomic E-state index is 0.293. The summed E-state index contributed by atoms with van der Waals surface area (Å²) in [5.74, 6) is 0.925. The van der Waals surface area contributed by atoms with Crippen molar-refractivity contribution in [3.05, 3.63) is 119 Å². The quantitative estimate of drug-likeness (QED) is 0.240. The lowest BCUT2D eigenvalue weighted by molar-refractivity contribution is 0.593. The van der Waals surface area contributed by atoms with E-state index < -0.39 is 0 Å². The van der Waals surface area contributed by atoms with Crippen LogP contribution in [0.5, 0.6) is 0 Å². The molecule has 2 heterocycles. The van der Waals surface area contributed by atoms with E-state index in [1.807, 2.05) is 98.8 Å². The second-order valence-corrected chi connectivity index (χ2v) is 8.66. The lowest BCUT2D eigenvalue weighted by atomic mass is 9.98. The fraction of sp³-hybridized carbons (Fsp3) is 0.0667. The number of aromatic nitrogens is 1. The van der Waals surface area contributed by atoms with Crippen LogP contribution in [0.15, 0.2) is 100 Å². The van der Waals surface area contributed by atoms with E-state index in [0.29, 0.717) is 22.2 Å². The average Bonchev–Trinajstić information content (AvgIpc) is 3.40. The van der Waals surface area contributed by atoms with E-state index >= 15 is 0 Å². The average molecular weight is 476 g/mol. The molecule has 0 aliphatic carbocycles. The Balaban J connectivity index is 1.61. The smallest absolute Gasteiger partial charge is 0.238 e. The Bertz CT molecular complexity index is 1550. The highest BCUT2D eigenvalue weighted by Crippen LogP contribution is 2.42. The standard InChI is InChI=1S/C30H22ClN3O/c1-20-17-24(21(2)34(20)26-15-13-25(31)14-16-26)19-33-30-27(18-32)28(22-9-5-3-6-10-22)29(35-30)23-11-7-4-8-12-23/h3-17,19H,1-2H3. The molecule has 3 aromatic carbocycles. The first kappa shape index (κ1) is 22.5. The number of aliphatic imine (C=N–C) groups is 1. The third-order valence-corrected chi connectivity index (χ3v) is 6.23. The van der Waals surface area contributed by atoms with Gasteiger partial charge < -0.3 is 8.98 Å². The van der Waals surface area contributed by atoms with Gasteiger partial charge in [0.05, 0.1) is 0 Å². The predicted molar refractivity (Wildman–Crippen MR) is 142 cm³/mol. The molecule has 4 nitrogen and oxygen atoms in total. The predicted octanol–water partition coefficient (Wildman–Crippen LogP) is 8.30. The van der Waals surface area contributed by atoms with Crippen LogP contribution in [0.25, 0.3) is 28.1 Å². The fourth-order valence-corrected chi connectivity index (χ4v) is 4.45. The van der Waals surface area contributed by atoms with Crippen molar-refractivity contribution in [3.8, 4) is 34.2 Å². The molecule has 0 saturated heterocycles. The molecule has 0 unspecified atom stereocenters. The first-order valence-electron chi connectivity index (χ1n) is 11.2. The van der Waals surface area contributed by atoms with E-state index in [2.05, 4.69) is 21.7 Å². The highest BCUT2D eigenvalue weighted by molar-refractivity contribution is 6.30. The summed E-state index contributed by atoms with van der Waals surface area (Å²) in [7, 11) is 0. The van der Waals surface area contributed by atoms with Crippen molar-refractivity contribution in [1.29, 1.82) is 5.26 Å². The van der Waals surface area contributed by atoms with Crippen molar-refractivity contribution in [3.63, 3.8) is 0 Å². The molecule has 0 radical (unpaired) electrons. The highest BCUT2D eigenvalue weighted by atomic mass is 35.5. The zero-order valence-corrected chi connectivity index (χ0v) is 20.1. The Labute approximate surface area is 209 Å². The van der Waals surface area contributed by atoms with Gasteiger partial charge in [0.1, 0.15) is 17.4 Å². The topological polar surface area (TPSA) is 54.2 Å². The monoisotopic (exact) mass is 475 g/mol. The molecular formula is C30H22ClN3O. The molecule has 2 aromatic heterocycles. The summed E-state index contributed by atoms with van der Waals surface area (Å²) >= 11 is 6.07. The van der Waals surface area contributed by atoms with Gasteiger partial charge in [-0.3, -0.25) is 0 Å². The van der Waals surface area contributed by atoms with Crippen molar-refractivity contribution >= 4 is 23.7 Å². The lowest BCUT2D eigenvalue weighted by Gasteiger charge is -2.09. The Morgan fingerprint density at radius 3 is 2.14 bits per heavy atom. The third-order valence-electron chi connectivity index (χ3n) is 5.98. The minimum absolute atomic E-state index is 0.293. The zero-order chi connectivity index (χ0) is 24.4. The number of hydrogen-bond acceptors (Lipinski definition) is 3. The molecule has 0 amide bonds. The summed E-state index contributed by atoms with van der Waals surface area (Å²) in [6.45, 7) is 4.09. The Hall–Kier alpha value is -4.33. The van der Waals surface area contributed by atoms with Crippen molar-refractivity contribution < 1.29 is 4.42 Å². The second kappa shape index (κ2) is 9.50. The van der Waals surface area contributed by atoms with Crippen LogP contribution in [0, 0.1) is 25.2 Å². The third kappa shape index (κ3) is 4.30. The van der Waals surface area contributed by atoms with E-state index in [-0.39, 0.29) is 0 Å². The maximum Gasteiger partial charge on any atom is 0.238 e. The molecular weight excluding hydrogens is 454 g/mol. The largest absolute Gasteiger partial charge is 0.436 e. The maximum absolute atomic E-state index is 10.1. The summed E-state index contributed by atoms with van der Waals surface area (Å²) in [6, 6.07) is 31.7. The van der Waals surface area contributed by atoms with Gasteiger partial charge in [-0.1, -0.05) is 72.3 Å². The van der Waals surface area contributed by atoms with Crippen LogP contribution in [0.2, 0.25) is 5.02 Å². The first-order valence-corrected chi connectivity index (χ1v) is 11.6. The molecule has 0 saturated carbocycles. The summed E-state index contributed by atoms with van der Waals surface area (Å²) in [6.07, 6.45) is 1.76. The molecule has 5 rings (SSSR count). The molecule has 5 aromatic rings. The van der Waals surface area contributed by atoms with Crippen LogP contribution >= 0.6 is 11.6 Å². The number of benzene rings is 3. The van der Waals surface area contributed by atoms with E-state index in [1.54, 1.807) is 6.21 Å². The minimum Gasteiger partial charge on any atom is -0.436 e. The fourth-order valence-electron chi connectivity index (χ4n) is 4.32. The number of furan rings is 1. The van der Waals surface area contributed by atoms with Crippen molar-refractivity contribution in [2.24, 2.45) is 4.99 Å². The number of nitriles is 1. The van der Waals surface area contributed by atoms with Gasteiger partial charge in [0.25, 0.3) is 0 Å². The normalized spacial score (nSPS) is 11.1. The molecule has 5 heteroatoms. The summed E-state index contributed by atoms with van der Waals surface area (Å²) in [4.78, 5) is 4.65. The van der Waals surface area contributed by atoms with Crippen LogP contribution in [-0.2, 0) is 0 Å². The van der Waals surface area contributed by atoms with Gasteiger partial charge in [0.2, 0.25) is 5.88 Å². The second-order valence-electron chi connectivity index (χ2n) is 8.23. The Kier molecular flexibility index (Phi) is 6.10. The molecule has 0 aliphatic rings. The zero-order valence-electron chi connectivity index (χ0n) is 19.4. The van der Waals surface area contributed by atoms with Gasteiger partial charge in [0, 0.05) is 45.0 Å². The number of aryl methyl sites for hydroxylation is 1. The first-order chi connectivity index (χ1) is 17.1. The Morgan fingerprint density at radius 2 is 1.51 bits per heavy atom. The highest BCUT2D eigenvalue weighted by Gasteiger charge is 2.22. The van der Waals surface area contributed by atoms with E-state index in [9.17, 15) is 5.26 Å². The van der Waals surface area contributed by atoms with Gasteiger partial charge in [-0.2, -0.15) is 5.26 Å². The van der Waals surface area contributed by atoms with E-state index in [1.165, 1.54) is 0 Å². The van der Waals surface area contributed by atoms with Crippen LogP contribution in [0.3, 0.4) is 0 Å². The SMILES string of the molecule is Cc1cc(C=Nc2oc(-c3ccccc3)c(-c3ccccc3)c2C#N)c(C)n1-c1ccc(Cl)cc1. The van der Waals surface area contributed by atoms with Gasteiger partial charge in [-0.15, -0.1) is 0 Å². The molecule has 35 heavy (non-hydrogen) atoms. The van der Waals surface area contributed by atoms with Gasteiger partial charge in [0.15, 0.2) is 0 Å². The van der Waals surface area contributed by atoms with Crippen LogP contribution < -0.4 is 0 Å². The molecule has 0 atom stereocenters. The van der Waals surface area contributed by atoms with Crippen LogP contribution in [0.1, 0.15) is 22.5 Å². The van der Waals surface area contributed by atoms with Gasteiger partial charge >= 0.3 is 0 Å². The van der Waals surface area contributed by atoms with Gasteiger partial charge in [-0.25, -0.2) is 4.99 Å². The summed E-state index contributed by atoms with van der Waals surface area (Å²) < 4.78 is 8.38. The van der Waals surface area contributed by atoms with Gasteiger partial charge in [-0.05, 0) is 49.7 Å². The van der Waals surface area contributed by atoms with Crippen molar-refractivity contribution in [2.45, 2.75) is 13.8 Å². The Morgan fingerprint density at radius 1 is 0.886 bits per heavy atom. The van der Waals surface area contributed by atoms with E-state index in [4.69, 9.17) is 16.0 Å².